The van der Waals surface area contributed by atoms with Gasteiger partial charge >= 0.3 is 0 Å². The largest absolute Gasteiger partial charge is 0.396 e. The highest BCUT2D eigenvalue weighted by atomic mass is 16.3. The molecule has 0 fully saturated rings. The molecule has 0 saturated carbocycles. The molecule has 1 aromatic rings. The van der Waals surface area contributed by atoms with Gasteiger partial charge in [0.15, 0.2) is 0 Å². The topological polar surface area (TPSA) is 32.3 Å². The first kappa shape index (κ1) is 14.2. The van der Waals surface area contributed by atoms with Crippen molar-refractivity contribution in [1.82, 2.24) is 5.32 Å². The van der Waals surface area contributed by atoms with E-state index in [1.165, 1.54) is 22.3 Å². The summed E-state index contributed by atoms with van der Waals surface area (Å²) < 4.78 is 0. The van der Waals surface area contributed by atoms with Crippen molar-refractivity contribution in [3.05, 3.63) is 34.4 Å². The van der Waals surface area contributed by atoms with E-state index in [4.69, 9.17) is 0 Å². The monoisotopic (exact) mass is 235 g/mol. The summed E-state index contributed by atoms with van der Waals surface area (Å²) in [5, 5.41) is 12.8. The fraction of sp³-hybridized carbons (Fsp3) is 0.600. The number of aliphatic hydroxyl groups is 1. The molecule has 0 heterocycles. The second-order valence-electron chi connectivity index (χ2n) is 4.93. The number of nitrogens with one attached hydrogen (secondary N) is 1. The number of hydrogen-bond donors (Lipinski definition) is 2. The molecule has 0 aliphatic carbocycles. The molecule has 1 rings (SSSR count). The number of benzene rings is 1. The van der Waals surface area contributed by atoms with E-state index in [1.54, 1.807) is 0 Å². The Balaban J connectivity index is 3.20. The van der Waals surface area contributed by atoms with Gasteiger partial charge in [-0.25, -0.2) is 0 Å². The molecule has 0 aliphatic heterocycles. The molecular weight excluding hydrogens is 210 g/mol. The Hall–Kier alpha value is -0.860. The molecule has 2 N–H and O–H groups in total. The molecule has 2 atom stereocenters. The fourth-order valence-electron chi connectivity index (χ4n) is 2.77. The lowest BCUT2D eigenvalue weighted by molar-refractivity contribution is 0.188. The van der Waals surface area contributed by atoms with Gasteiger partial charge in [0.2, 0.25) is 0 Å². The first-order chi connectivity index (χ1) is 8.04. The van der Waals surface area contributed by atoms with Gasteiger partial charge in [0.25, 0.3) is 0 Å². The van der Waals surface area contributed by atoms with Crippen molar-refractivity contribution < 1.29 is 5.11 Å². The SMILES string of the molecule is CCC(CO)C(NC)c1c(C)cc(C)cc1C. The molecule has 0 bridgehead atoms. The molecule has 0 amide bonds. The van der Waals surface area contributed by atoms with E-state index in [0.29, 0.717) is 0 Å². The highest BCUT2D eigenvalue weighted by Gasteiger charge is 2.22. The standard InChI is InChI=1S/C15H25NO/c1-6-13(9-17)15(16-5)14-11(3)7-10(2)8-12(14)4/h7-8,13,15-17H,6,9H2,1-5H3. The molecule has 96 valence electrons. The minimum atomic E-state index is 0.231. The maximum Gasteiger partial charge on any atom is 0.0477 e. The first-order valence-corrected chi connectivity index (χ1v) is 6.41. The average Bonchev–Trinajstić information content (AvgIpc) is 2.27. The predicted molar refractivity (Wildman–Crippen MR) is 73.3 cm³/mol. The van der Waals surface area contributed by atoms with E-state index in [-0.39, 0.29) is 18.6 Å². The lowest BCUT2D eigenvalue weighted by Crippen LogP contribution is -2.28. The van der Waals surface area contributed by atoms with Crippen molar-refractivity contribution in [1.29, 1.82) is 0 Å². The molecule has 0 saturated heterocycles. The van der Waals surface area contributed by atoms with Gasteiger partial charge in [-0.1, -0.05) is 24.6 Å². The van der Waals surface area contributed by atoms with Gasteiger partial charge < -0.3 is 10.4 Å². The zero-order valence-electron chi connectivity index (χ0n) is 11.7. The molecule has 0 aromatic heterocycles. The summed E-state index contributed by atoms with van der Waals surface area (Å²) in [4.78, 5) is 0. The third-order valence-corrected chi connectivity index (χ3v) is 3.59. The molecule has 1 aromatic carbocycles. The van der Waals surface area contributed by atoms with Crippen LogP contribution in [0.15, 0.2) is 12.1 Å². The Labute approximate surface area is 105 Å². The van der Waals surface area contributed by atoms with Crippen molar-refractivity contribution in [3.8, 4) is 0 Å². The van der Waals surface area contributed by atoms with Crippen molar-refractivity contribution in [3.63, 3.8) is 0 Å². The van der Waals surface area contributed by atoms with Crippen LogP contribution in [0.4, 0.5) is 0 Å². The number of rotatable bonds is 5. The number of aliphatic hydroxyl groups excluding tert-OH is 1. The number of aryl methyl sites for hydroxylation is 3. The normalized spacial score (nSPS) is 14.7. The first-order valence-electron chi connectivity index (χ1n) is 6.41. The van der Waals surface area contributed by atoms with Crippen LogP contribution >= 0.6 is 0 Å². The van der Waals surface area contributed by atoms with Gasteiger partial charge in [-0.15, -0.1) is 0 Å². The van der Waals surface area contributed by atoms with Gasteiger partial charge in [0.1, 0.15) is 0 Å². The van der Waals surface area contributed by atoms with Crippen LogP contribution in [-0.4, -0.2) is 18.8 Å². The molecular formula is C15H25NO. The maximum atomic E-state index is 9.49. The summed E-state index contributed by atoms with van der Waals surface area (Å²) in [6.07, 6.45) is 0.981. The molecule has 17 heavy (non-hydrogen) atoms. The molecule has 0 radical (unpaired) electrons. The van der Waals surface area contributed by atoms with Crippen LogP contribution in [0.2, 0.25) is 0 Å². The van der Waals surface area contributed by atoms with Crippen LogP contribution in [0.5, 0.6) is 0 Å². The van der Waals surface area contributed by atoms with E-state index in [1.807, 2.05) is 7.05 Å². The van der Waals surface area contributed by atoms with Crippen molar-refractivity contribution in [2.75, 3.05) is 13.7 Å². The lowest BCUT2D eigenvalue weighted by Gasteiger charge is -2.28. The van der Waals surface area contributed by atoms with Crippen molar-refractivity contribution >= 4 is 0 Å². The van der Waals surface area contributed by atoms with E-state index in [9.17, 15) is 5.11 Å². The van der Waals surface area contributed by atoms with Crippen molar-refractivity contribution in [2.24, 2.45) is 5.92 Å². The van der Waals surface area contributed by atoms with Crippen LogP contribution < -0.4 is 5.32 Å². The molecule has 2 unspecified atom stereocenters. The minimum absolute atomic E-state index is 0.231. The summed E-state index contributed by atoms with van der Waals surface area (Å²) in [5.74, 6) is 0.278. The summed E-state index contributed by atoms with van der Waals surface area (Å²) in [5.41, 5.74) is 5.28. The van der Waals surface area contributed by atoms with E-state index in [2.05, 4.69) is 45.1 Å². The lowest BCUT2D eigenvalue weighted by atomic mass is 9.85. The quantitative estimate of drug-likeness (QED) is 0.822. The minimum Gasteiger partial charge on any atom is -0.396 e. The predicted octanol–water partition coefficient (Wildman–Crippen LogP) is 2.89. The Morgan fingerprint density at radius 2 is 1.71 bits per heavy atom. The van der Waals surface area contributed by atoms with Crippen LogP contribution in [0.25, 0.3) is 0 Å². The van der Waals surface area contributed by atoms with Crippen molar-refractivity contribution in [2.45, 2.75) is 40.2 Å². The third-order valence-electron chi connectivity index (χ3n) is 3.59. The Kier molecular flexibility index (Phi) is 5.16. The Morgan fingerprint density at radius 3 is 2.06 bits per heavy atom. The van der Waals surface area contributed by atoms with Gasteiger partial charge in [-0.2, -0.15) is 0 Å². The van der Waals surface area contributed by atoms with Crippen LogP contribution in [0.1, 0.15) is 41.6 Å². The summed E-state index contributed by atoms with van der Waals surface area (Å²) in [6.45, 7) is 8.80. The highest BCUT2D eigenvalue weighted by molar-refractivity contribution is 5.40. The van der Waals surface area contributed by atoms with Gasteiger partial charge in [-0.3, -0.25) is 0 Å². The van der Waals surface area contributed by atoms with Gasteiger partial charge in [0.05, 0.1) is 0 Å². The maximum absolute atomic E-state index is 9.49. The fourth-order valence-corrected chi connectivity index (χ4v) is 2.77. The Bertz CT molecular complexity index is 346. The highest BCUT2D eigenvalue weighted by Crippen LogP contribution is 2.30. The van der Waals surface area contributed by atoms with E-state index >= 15 is 0 Å². The third kappa shape index (κ3) is 3.08. The second-order valence-corrected chi connectivity index (χ2v) is 4.93. The zero-order chi connectivity index (χ0) is 13.0. The van der Waals surface area contributed by atoms with E-state index in [0.717, 1.165) is 6.42 Å². The molecule has 0 spiro atoms. The second kappa shape index (κ2) is 6.18. The van der Waals surface area contributed by atoms with Crippen LogP contribution in [0.3, 0.4) is 0 Å². The summed E-state index contributed by atoms with van der Waals surface area (Å²) >= 11 is 0. The molecule has 2 heteroatoms. The van der Waals surface area contributed by atoms with Gasteiger partial charge in [0, 0.05) is 18.6 Å². The van der Waals surface area contributed by atoms with Crippen LogP contribution in [0, 0.1) is 26.7 Å². The van der Waals surface area contributed by atoms with Crippen LogP contribution in [-0.2, 0) is 0 Å². The summed E-state index contributed by atoms with van der Waals surface area (Å²) in [7, 11) is 1.97. The van der Waals surface area contributed by atoms with E-state index < -0.39 is 0 Å². The number of hydrogen-bond acceptors (Lipinski definition) is 2. The average molecular weight is 235 g/mol. The zero-order valence-corrected chi connectivity index (χ0v) is 11.7. The van der Waals surface area contributed by atoms with Gasteiger partial charge in [-0.05, 0) is 50.9 Å². The molecule has 0 aliphatic rings. The smallest absolute Gasteiger partial charge is 0.0477 e. The summed E-state index contributed by atoms with van der Waals surface area (Å²) in [6, 6.07) is 4.68. The molecule has 2 nitrogen and oxygen atoms in total. The Morgan fingerprint density at radius 1 is 1.18 bits per heavy atom.